The minimum Gasteiger partial charge on any atom is -0.494 e. The molecule has 0 spiro atoms. The highest BCUT2D eigenvalue weighted by atomic mass is 32.2. The number of thioether (sulfide) groups is 1. The van der Waals surface area contributed by atoms with Gasteiger partial charge in [-0.05, 0) is 43.9 Å². The highest BCUT2D eigenvalue weighted by molar-refractivity contribution is 7.99. The van der Waals surface area contributed by atoms with Crippen molar-refractivity contribution in [2.45, 2.75) is 50.7 Å². The fourth-order valence-electron chi connectivity index (χ4n) is 3.56. The van der Waals surface area contributed by atoms with Crippen LogP contribution in [0.1, 0.15) is 54.8 Å². The third-order valence-electron chi connectivity index (χ3n) is 4.91. The van der Waals surface area contributed by atoms with Crippen molar-refractivity contribution >= 4 is 17.5 Å². The number of ketones is 1. The van der Waals surface area contributed by atoms with Gasteiger partial charge in [0.05, 0.1) is 12.9 Å². The number of rotatable bonds is 6. The zero-order valence-corrected chi connectivity index (χ0v) is 16.2. The molecule has 1 aromatic heterocycles. The van der Waals surface area contributed by atoms with E-state index >= 15 is 0 Å². The van der Waals surface area contributed by atoms with Crippen molar-refractivity contribution in [1.82, 2.24) is 14.8 Å². The molecule has 1 fully saturated rings. The van der Waals surface area contributed by atoms with Crippen molar-refractivity contribution in [2.75, 3.05) is 12.9 Å². The largest absolute Gasteiger partial charge is 0.494 e. The normalized spacial score (nSPS) is 20.2. The molecule has 1 aromatic carbocycles. The highest BCUT2D eigenvalue weighted by Crippen LogP contribution is 2.35. The Balaban J connectivity index is 1.70. The number of carbonyl (C=O) groups is 1. The molecule has 0 amide bonds. The van der Waals surface area contributed by atoms with Crippen LogP contribution in [0.4, 0.5) is 4.39 Å². The molecule has 26 heavy (non-hydrogen) atoms. The van der Waals surface area contributed by atoms with Crippen LogP contribution in [0.3, 0.4) is 0 Å². The molecule has 1 heterocycles. The van der Waals surface area contributed by atoms with Crippen LogP contribution in [0, 0.1) is 18.7 Å². The molecule has 1 aliphatic carbocycles. The molecule has 1 aliphatic rings. The van der Waals surface area contributed by atoms with Crippen molar-refractivity contribution in [3.05, 3.63) is 35.4 Å². The molecule has 0 saturated heterocycles. The van der Waals surface area contributed by atoms with Gasteiger partial charge in [0.15, 0.2) is 22.5 Å². The number of hydrogen-bond donors (Lipinski definition) is 0. The van der Waals surface area contributed by atoms with Crippen molar-refractivity contribution in [1.29, 1.82) is 0 Å². The van der Waals surface area contributed by atoms with Gasteiger partial charge in [-0.25, -0.2) is 4.39 Å². The number of methoxy groups -OCH3 is 1. The van der Waals surface area contributed by atoms with E-state index in [2.05, 4.69) is 21.7 Å². The average molecular weight is 377 g/mol. The summed E-state index contributed by atoms with van der Waals surface area (Å²) in [5.74, 6) is 1.24. The van der Waals surface area contributed by atoms with Gasteiger partial charge in [-0.2, -0.15) is 0 Å². The second-order valence-electron chi connectivity index (χ2n) is 6.89. The molecular formula is C19H24FN3O2S. The molecule has 2 atom stereocenters. The van der Waals surface area contributed by atoms with Gasteiger partial charge in [-0.3, -0.25) is 4.79 Å². The molecule has 7 heteroatoms. The Bertz CT molecular complexity index is 793. The van der Waals surface area contributed by atoms with Crippen LogP contribution in [-0.2, 0) is 0 Å². The number of nitrogens with zero attached hydrogens (tertiary/aromatic N) is 3. The Hall–Kier alpha value is -1.89. The number of carbonyl (C=O) groups excluding carboxylic acids is 1. The predicted octanol–water partition coefficient (Wildman–Crippen LogP) is 4.46. The summed E-state index contributed by atoms with van der Waals surface area (Å²) >= 11 is 1.37. The van der Waals surface area contributed by atoms with E-state index in [-0.39, 0.29) is 17.3 Å². The molecule has 5 nitrogen and oxygen atoms in total. The van der Waals surface area contributed by atoms with Gasteiger partial charge in [0.2, 0.25) is 0 Å². The first-order chi connectivity index (χ1) is 12.5. The first kappa shape index (κ1) is 18.9. The van der Waals surface area contributed by atoms with E-state index in [1.54, 1.807) is 6.07 Å². The molecule has 0 bridgehead atoms. The Morgan fingerprint density at radius 2 is 2.19 bits per heavy atom. The van der Waals surface area contributed by atoms with Crippen LogP contribution in [0.5, 0.6) is 5.75 Å². The smallest absolute Gasteiger partial charge is 0.191 e. The maximum absolute atomic E-state index is 13.8. The Morgan fingerprint density at radius 3 is 2.88 bits per heavy atom. The summed E-state index contributed by atoms with van der Waals surface area (Å²) in [6.07, 6.45) is 4.71. The lowest BCUT2D eigenvalue weighted by Crippen LogP contribution is -2.19. The lowest BCUT2D eigenvalue weighted by molar-refractivity contribution is 0.102. The van der Waals surface area contributed by atoms with E-state index in [4.69, 9.17) is 4.74 Å². The Morgan fingerprint density at radius 1 is 1.38 bits per heavy atom. The minimum atomic E-state index is -0.529. The number of aryl methyl sites for hydroxylation is 1. The summed E-state index contributed by atoms with van der Waals surface area (Å²) in [5.41, 5.74) is 0.338. The molecule has 140 valence electrons. The lowest BCUT2D eigenvalue weighted by atomic mass is 9.87. The SMILES string of the molecule is COc1ccc(C(=O)CSc2nnc(C)n2[C@@H]2CCC[C@H](C)C2)cc1F. The lowest BCUT2D eigenvalue weighted by Gasteiger charge is -2.29. The zero-order valence-electron chi connectivity index (χ0n) is 15.4. The number of aromatic nitrogens is 3. The molecule has 1 saturated carbocycles. The van der Waals surface area contributed by atoms with Gasteiger partial charge in [0.1, 0.15) is 5.82 Å². The number of ether oxygens (including phenoxy) is 1. The summed E-state index contributed by atoms with van der Waals surface area (Å²) in [4.78, 5) is 12.4. The first-order valence-electron chi connectivity index (χ1n) is 8.90. The maximum Gasteiger partial charge on any atom is 0.191 e. The van der Waals surface area contributed by atoms with Crippen molar-refractivity contribution in [3.8, 4) is 5.75 Å². The third-order valence-corrected chi connectivity index (χ3v) is 5.86. The van der Waals surface area contributed by atoms with Crippen molar-refractivity contribution in [3.63, 3.8) is 0 Å². The van der Waals surface area contributed by atoms with Crippen LogP contribution < -0.4 is 4.74 Å². The first-order valence-corrected chi connectivity index (χ1v) is 9.89. The molecule has 0 radical (unpaired) electrons. The van der Waals surface area contributed by atoms with Crippen LogP contribution >= 0.6 is 11.8 Å². The fourth-order valence-corrected chi connectivity index (χ4v) is 4.50. The van der Waals surface area contributed by atoms with Gasteiger partial charge in [-0.1, -0.05) is 31.5 Å². The Kier molecular flexibility index (Phi) is 5.96. The summed E-state index contributed by atoms with van der Waals surface area (Å²) in [5, 5.41) is 9.23. The van der Waals surface area contributed by atoms with Crippen molar-refractivity contribution in [2.24, 2.45) is 5.92 Å². The summed E-state index contributed by atoms with van der Waals surface area (Å²) in [7, 11) is 1.40. The van der Waals surface area contributed by atoms with Crippen LogP contribution in [0.25, 0.3) is 0 Å². The van der Waals surface area contributed by atoms with E-state index in [0.29, 0.717) is 17.5 Å². The standard InChI is InChI=1S/C19H24FN3O2S/c1-12-5-4-6-15(9-12)23-13(2)21-22-19(23)26-11-17(24)14-7-8-18(25-3)16(20)10-14/h7-8,10,12,15H,4-6,9,11H2,1-3H3/t12-,15+/m0/s1. The second-order valence-corrected chi connectivity index (χ2v) is 7.83. The minimum absolute atomic E-state index is 0.135. The highest BCUT2D eigenvalue weighted by Gasteiger charge is 2.25. The fraction of sp³-hybridized carbons (Fsp3) is 0.526. The van der Waals surface area contributed by atoms with Crippen LogP contribution in [0.2, 0.25) is 0 Å². The van der Waals surface area contributed by atoms with Gasteiger partial charge >= 0.3 is 0 Å². The van der Waals surface area contributed by atoms with Gasteiger partial charge in [0.25, 0.3) is 0 Å². The number of hydrogen-bond acceptors (Lipinski definition) is 5. The molecule has 0 unspecified atom stereocenters. The van der Waals surface area contributed by atoms with Gasteiger partial charge in [-0.15, -0.1) is 10.2 Å². The maximum atomic E-state index is 13.8. The number of benzene rings is 1. The summed E-state index contributed by atoms with van der Waals surface area (Å²) in [6, 6.07) is 4.68. The van der Waals surface area contributed by atoms with E-state index in [1.165, 1.54) is 43.8 Å². The molecule has 3 rings (SSSR count). The van der Waals surface area contributed by atoms with Crippen LogP contribution in [0.15, 0.2) is 23.4 Å². The monoisotopic (exact) mass is 377 g/mol. The predicted molar refractivity (Wildman–Crippen MR) is 99.4 cm³/mol. The van der Waals surface area contributed by atoms with Crippen LogP contribution in [-0.4, -0.2) is 33.4 Å². The zero-order chi connectivity index (χ0) is 18.7. The van der Waals surface area contributed by atoms with E-state index in [1.807, 2.05) is 6.92 Å². The second kappa shape index (κ2) is 8.20. The van der Waals surface area contributed by atoms with E-state index < -0.39 is 5.82 Å². The van der Waals surface area contributed by atoms with Gasteiger partial charge in [0, 0.05) is 11.6 Å². The van der Waals surface area contributed by atoms with Crippen molar-refractivity contribution < 1.29 is 13.9 Å². The Labute approximate surface area is 157 Å². The van der Waals surface area contributed by atoms with Gasteiger partial charge < -0.3 is 9.30 Å². The molecular weight excluding hydrogens is 353 g/mol. The van der Waals surface area contributed by atoms with E-state index in [9.17, 15) is 9.18 Å². The third kappa shape index (κ3) is 4.09. The quantitative estimate of drug-likeness (QED) is 0.549. The van der Waals surface area contributed by atoms with E-state index in [0.717, 1.165) is 23.8 Å². The topological polar surface area (TPSA) is 57.0 Å². The summed E-state index contributed by atoms with van der Waals surface area (Å²) in [6.45, 7) is 4.23. The molecule has 2 aromatic rings. The molecule has 0 aliphatic heterocycles. The number of Topliss-reactive ketones (excluding diaryl/α,β-unsaturated/α-hetero) is 1. The average Bonchev–Trinajstić information content (AvgIpc) is 3.00. The number of halogens is 1. The molecule has 0 N–H and O–H groups in total. The summed E-state index contributed by atoms with van der Waals surface area (Å²) < 4.78 is 20.9.